The van der Waals surface area contributed by atoms with E-state index in [4.69, 9.17) is 22.1 Å². The van der Waals surface area contributed by atoms with Crippen molar-refractivity contribution in [3.8, 4) is 0 Å². The third-order valence-corrected chi connectivity index (χ3v) is 2.44. The summed E-state index contributed by atoms with van der Waals surface area (Å²) in [6, 6.07) is 4.51. The molecule has 1 rings (SSSR count). The number of nitrogens with one attached hydrogen (secondary N) is 2. The summed E-state index contributed by atoms with van der Waals surface area (Å²) in [5, 5.41) is 5.43. The van der Waals surface area contributed by atoms with Crippen LogP contribution < -0.4 is 16.4 Å². The maximum Gasteiger partial charge on any atom is 0.251 e. The van der Waals surface area contributed by atoms with Gasteiger partial charge >= 0.3 is 0 Å². The molecule has 0 aromatic heterocycles. The number of benzene rings is 1. The fourth-order valence-corrected chi connectivity index (χ4v) is 1.60. The zero-order valence-corrected chi connectivity index (χ0v) is 11.3. The molecule has 0 bridgehead atoms. The lowest BCUT2D eigenvalue weighted by Gasteiger charge is -2.07. The van der Waals surface area contributed by atoms with Gasteiger partial charge in [0.15, 0.2) is 0 Å². The highest BCUT2D eigenvalue weighted by Gasteiger charge is 2.09. The van der Waals surface area contributed by atoms with Crippen molar-refractivity contribution in [1.29, 1.82) is 0 Å². The second-order valence-electron chi connectivity index (χ2n) is 3.80. The molecule has 0 aliphatic carbocycles. The van der Waals surface area contributed by atoms with E-state index in [2.05, 4.69) is 10.6 Å². The highest BCUT2D eigenvalue weighted by molar-refractivity contribution is 6.31. The minimum Gasteiger partial charge on any atom is -0.399 e. The molecule has 0 aliphatic rings. The Balaban J connectivity index is 2.44. The Morgan fingerprint density at radius 1 is 1.32 bits per heavy atom. The molecule has 0 spiro atoms. The summed E-state index contributed by atoms with van der Waals surface area (Å²) in [5.74, 6) is -0.698. The lowest BCUT2D eigenvalue weighted by molar-refractivity contribution is -0.120. The average Bonchev–Trinajstić information content (AvgIpc) is 2.35. The SMILES string of the molecule is COCCNC(=O)CNC(=O)c1cc(N)cc(Cl)c1. The highest BCUT2D eigenvalue weighted by atomic mass is 35.5. The minimum absolute atomic E-state index is 0.116. The average molecular weight is 286 g/mol. The van der Waals surface area contributed by atoms with Gasteiger partial charge in [-0.2, -0.15) is 0 Å². The number of carbonyl (C=O) groups excluding carboxylic acids is 2. The molecular formula is C12H16ClN3O3. The van der Waals surface area contributed by atoms with Crippen molar-refractivity contribution >= 4 is 29.1 Å². The molecule has 0 saturated carbocycles. The molecule has 7 heteroatoms. The predicted molar refractivity (Wildman–Crippen MR) is 73.1 cm³/mol. The van der Waals surface area contributed by atoms with Crippen LogP contribution in [-0.4, -0.2) is 38.6 Å². The van der Waals surface area contributed by atoms with Gasteiger partial charge in [0.25, 0.3) is 5.91 Å². The number of methoxy groups -OCH3 is 1. The minimum atomic E-state index is -0.406. The van der Waals surface area contributed by atoms with E-state index in [0.29, 0.717) is 29.4 Å². The molecular weight excluding hydrogens is 270 g/mol. The van der Waals surface area contributed by atoms with Crippen LogP contribution in [0.1, 0.15) is 10.4 Å². The van der Waals surface area contributed by atoms with E-state index in [0.717, 1.165) is 0 Å². The van der Waals surface area contributed by atoms with Gasteiger partial charge in [0.1, 0.15) is 0 Å². The Kier molecular flexibility index (Phi) is 6.11. The van der Waals surface area contributed by atoms with Gasteiger partial charge in [0.2, 0.25) is 5.91 Å². The van der Waals surface area contributed by atoms with Crippen LogP contribution in [0.2, 0.25) is 5.02 Å². The van der Waals surface area contributed by atoms with Crippen LogP contribution >= 0.6 is 11.6 Å². The van der Waals surface area contributed by atoms with E-state index in [-0.39, 0.29) is 12.5 Å². The molecule has 2 amide bonds. The molecule has 6 nitrogen and oxygen atoms in total. The molecule has 4 N–H and O–H groups in total. The number of amides is 2. The molecule has 1 aromatic carbocycles. The fourth-order valence-electron chi connectivity index (χ4n) is 1.36. The predicted octanol–water partition coefficient (Wildman–Crippen LogP) is 0.415. The zero-order valence-electron chi connectivity index (χ0n) is 10.5. The molecule has 0 saturated heterocycles. The summed E-state index contributed by atoms with van der Waals surface area (Å²) in [6.45, 7) is 0.703. The summed E-state index contributed by atoms with van der Waals surface area (Å²) in [6.07, 6.45) is 0. The first kappa shape index (κ1) is 15.3. The molecule has 104 valence electrons. The molecule has 0 atom stereocenters. The first-order valence-corrected chi connectivity index (χ1v) is 6.00. The first-order valence-electron chi connectivity index (χ1n) is 5.63. The Labute approximate surface area is 116 Å². The summed E-state index contributed by atoms with van der Waals surface area (Å²) in [7, 11) is 1.54. The van der Waals surface area contributed by atoms with Crippen molar-refractivity contribution in [2.45, 2.75) is 0 Å². The number of nitrogen functional groups attached to an aromatic ring is 1. The van der Waals surface area contributed by atoms with Crippen molar-refractivity contribution < 1.29 is 14.3 Å². The lowest BCUT2D eigenvalue weighted by Crippen LogP contribution is -2.38. The molecule has 0 aliphatic heterocycles. The molecule has 0 fully saturated rings. The van der Waals surface area contributed by atoms with E-state index >= 15 is 0 Å². The number of hydrogen-bond acceptors (Lipinski definition) is 4. The lowest BCUT2D eigenvalue weighted by atomic mass is 10.2. The summed E-state index contributed by atoms with van der Waals surface area (Å²) >= 11 is 5.79. The fraction of sp³-hybridized carbons (Fsp3) is 0.333. The van der Waals surface area contributed by atoms with E-state index < -0.39 is 5.91 Å². The molecule has 0 unspecified atom stereocenters. The molecule has 1 aromatic rings. The van der Waals surface area contributed by atoms with Gasteiger partial charge in [-0.15, -0.1) is 0 Å². The molecule has 0 heterocycles. The number of hydrogen-bond donors (Lipinski definition) is 3. The van der Waals surface area contributed by atoms with Crippen LogP contribution in [0.5, 0.6) is 0 Å². The van der Waals surface area contributed by atoms with Crippen molar-refractivity contribution in [3.05, 3.63) is 28.8 Å². The summed E-state index contributed by atoms with van der Waals surface area (Å²) in [4.78, 5) is 23.1. The van der Waals surface area contributed by atoms with Gasteiger partial charge in [-0.05, 0) is 18.2 Å². The number of carbonyl (C=O) groups is 2. The van der Waals surface area contributed by atoms with Crippen molar-refractivity contribution in [2.24, 2.45) is 0 Å². The third-order valence-electron chi connectivity index (χ3n) is 2.22. The topological polar surface area (TPSA) is 93.5 Å². The largest absolute Gasteiger partial charge is 0.399 e. The maximum absolute atomic E-state index is 11.8. The van der Waals surface area contributed by atoms with E-state index in [1.807, 2.05) is 0 Å². The van der Waals surface area contributed by atoms with Crippen LogP contribution in [0.25, 0.3) is 0 Å². The van der Waals surface area contributed by atoms with Crippen LogP contribution in [0.4, 0.5) is 5.69 Å². The van der Waals surface area contributed by atoms with E-state index in [1.165, 1.54) is 25.3 Å². The van der Waals surface area contributed by atoms with Crippen molar-refractivity contribution in [2.75, 3.05) is 32.5 Å². The number of halogens is 1. The summed E-state index contributed by atoms with van der Waals surface area (Å²) in [5.41, 5.74) is 6.28. The maximum atomic E-state index is 11.8. The van der Waals surface area contributed by atoms with Gasteiger partial charge in [-0.25, -0.2) is 0 Å². The molecule has 0 radical (unpaired) electrons. The van der Waals surface area contributed by atoms with Gasteiger partial charge in [0, 0.05) is 29.9 Å². The highest BCUT2D eigenvalue weighted by Crippen LogP contribution is 2.16. The third kappa shape index (κ3) is 5.58. The van der Waals surface area contributed by atoms with Crippen LogP contribution in [-0.2, 0) is 9.53 Å². The first-order chi connectivity index (χ1) is 9.02. The number of anilines is 1. The monoisotopic (exact) mass is 285 g/mol. The van der Waals surface area contributed by atoms with Gasteiger partial charge in [-0.1, -0.05) is 11.6 Å². The van der Waals surface area contributed by atoms with Crippen molar-refractivity contribution in [1.82, 2.24) is 10.6 Å². The second kappa shape index (κ2) is 7.60. The van der Waals surface area contributed by atoms with Crippen LogP contribution in [0.15, 0.2) is 18.2 Å². The Morgan fingerprint density at radius 3 is 2.68 bits per heavy atom. The Morgan fingerprint density at radius 2 is 2.05 bits per heavy atom. The van der Waals surface area contributed by atoms with Gasteiger partial charge in [-0.3, -0.25) is 9.59 Å². The van der Waals surface area contributed by atoms with Crippen LogP contribution in [0, 0.1) is 0 Å². The molecule has 19 heavy (non-hydrogen) atoms. The van der Waals surface area contributed by atoms with Gasteiger partial charge < -0.3 is 21.1 Å². The van der Waals surface area contributed by atoms with Crippen LogP contribution in [0.3, 0.4) is 0 Å². The second-order valence-corrected chi connectivity index (χ2v) is 4.24. The van der Waals surface area contributed by atoms with E-state index in [1.54, 1.807) is 0 Å². The summed E-state index contributed by atoms with van der Waals surface area (Å²) < 4.78 is 4.78. The van der Waals surface area contributed by atoms with Crippen molar-refractivity contribution in [3.63, 3.8) is 0 Å². The standard InChI is InChI=1S/C12H16ClN3O3/c1-19-3-2-15-11(17)7-16-12(18)8-4-9(13)6-10(14)5-8/h4-6H,2-3,7,14H2,1H3,(H,15,17)(H,16,18). The zero-order chi connectivity index (χ0) is 14.3. The Bertz CT molecular complexity index is 445. The normalized spacial score (nSPS) is 10.0. The van der Waals surface area contributed by atoms with E-state index in [9.17, 15) is 9.59 Å². The number of ether oxygens (including phenoxy) is 1. The Hall–Kier alpha value is -1.79. The number of rotatable bonds is 6. The van der Waals surface area contributed by atoms with Gasteiger partial charge in [0.05, 0.1) is 13.2 Å². The smallest absolute Gasteiger partial charge is 0.251 e. The number of nitrogens with two attached hydrogens (primary N) is 1. The quantitative estimate of drug-likeness (QED) is 0.521.